The Bertz CT molecular complexity index is 1710. The molecule has 5 atom stereocenters. The second-order valence-electron chi connectivity index (χ2n) is 20.7. The van der Waals surface area contributed by atoms with Crippen molar-refractivity contribution in [2.45, 2.75) is 327 Å². The summed E-state index contributed by atoms with van der Waals surface area (Å²) in [6.07, 6.45) is 22.3. The topological polar surface area (TPSA) is 171 Å². The van der Waals surface area contributed by atoms with Crippen molar-refractivity contribution in [2.75, 3.05) is 0 Å². The minimum Gasteiger partial charge on any atom is -0.226 e. The monoisotopic (exact) mass is 1130 g/mol. The van der Waals surface area contributed by atoms with Gasteiger partial charge in [0.15, 0.2) is 49.2 Å². The van der Waals surface area contributed by atoms with Gasteiger partial charge in [-0.1, -0.05) is 227 Å². The van der Waals surface area contributed by atoms with Crippen LogP contribution in [0.5, 0.6) is 0 Å². The van der Waals surface area contributed by atoms with Crippen molar-refractivity contribution in [3.8, 4) is 0 Å². The van der Waals surface area contributed by atoms with Crippen LogP contribution < -0.4 is 0 Å². The molecule has 0 radical (unpaired) electrons. The highest BCUT2D eigenvalue weighted by atomic mass is 79.9. The Morgan fingerprint density at radius 3 is 0.588 bits per heavy atom. The number of rotatable bonds is 46. The van der Waals surface area contributed by atoms with Crippen LogP contribution in [-0.4, -0.2) is 74.7 Å². The summed E-state index contributed by atoms with van der Waals surface area (Å²) in [6, 6.07) is 0. The molecule has 10 nitrogen and oxygen atoms in total. The van der Waals surface area contributed by atoms with Crippen molar-refractivity contribution in [1.82, 2.24) is 0 Å². The third kappa shape index (κ3) is 18.3. The molecule has 0 amide bonds. The molecule has 0 fully saturated rings. The first-order valence-electron chi connectivity index (χ1n) is 27.8. The van der Waals surface area contributed by atoms with Gasteiger partial charge in [0.1, 0.15) is 0 Å². The van der Waals surface area contributed by atoms with Crippen LogP contribution in [0, 0.1) is 0 Å². The molecule has 0 N–H and O–H groups in total. The number of halogens is 1. The van der Waals surface area contributed by atoms with E-state index in [4.69, 9.17) is 0 Å². The van der Waals surface area contributed by atoms with Crippen LogP contribution >= 0.6 is 15.9 Å². The Balaban J connectivity index is 8.84. The summed E-state index contributed by atoms with van der Waals surface area (Å²) in [5.41, 5.74) is 0. The zero-order valence-corrected chi connectivity index (χ0v) is 50.8. The van der Waals surface area contributed by atoms with E-state index >= 15 is 42.1 Å². The van der Waals surface area contributed by atoms with Crippen molar-refractivity contribution in [2.24, 2.45) is 0 Å². The first kappa shape index (κ1) is 68.2. The van der Waals surface area contributed by atoms with Gasteiger partial charge in [-0.25, -0.2) is 42.1 Å². The lowest BCUT2D eigenvalue weighted by atomic mass is 10.1. The fourth-order valence-corrected chi connectivity index (χ4v) is 33.6. The maximum atomic E-state index is 16.3. The molecule has 0 heterocycles. The lowest BCUT2D eigenvalue weighted by molar-refractivity contribution is 0.497. The molecule has 0 saturated heterocycles. The van der Waals surface area contributed by atoms with Gasteiger partial charge >= 0.3 is 3.41 Å². The maximum absolute atomic E-state index is 16.3. The van der Waals surface area contributed by atoms with Gasteiger partial charge in [0.2, 0.25) is 0 Å². The highest BCUT2D eigenvalue weighted by molar-refractivity contribution is 9.14. The highest BCUT2D eigenvalue weighted by Crippen LogP contribution is 2.59. The van der Waals surface area contributed by atoms with Gasteiger partial charge < -0.3 is 0 Å². The summed E-state index contributed by atoms with van der Waals surface area (Å²) in [5.74, 6) is 0. The molecule has 0 aliphatic carbocycles. The molecule has 0 bridgehead atoms. The maximum Gasteiger partial charge on any atom is 0.315 e. The molecular formula is C52H105BrO10S5. The lowest BCUT2D eigenvalue weighted by Gasteiger charge is -2.48. The van der Waals surface area contributed by atoms with Crippen molar-refractivity contribution in [3.05, 3.63) is 0 Å². The summed E-state index contributed by atoms with van der Waals surface area (Å²) < 4.78 is 154. The summed E-state index contributed by atoms with van der Waals surface area (Å²) in [4.78, 5) is 0. The zero-order valence-electron chi connectivity index (χ0n) is 45.1. The second kappa shape index (κ2) is 34.7. The van der Waals surface area contributed by atoms with Crippen LogP contribution in [0.1, 0.15) is 294 Å². The second-order valence-corrected chi connectivity index (χ2v) is 36.5. The predicted octanol–water partition coefficient (Wildman–Crippen LogP) is 15.5. The Labute approximate surface area is 430 Å². The number of hydrogen-bond donors (Lipinski definition) is 0. The van der Waals surface area contributed by atoms with Gasteiger partial charge in [0, 0.05) is 0 Å². The molecular weight excluding hydrogens is 1020 g/mol. The van der Waals surface area contributed by atoms with Crippen molar-refractivity contribution >= 4 is 65.1 Å². The SMILES string of the molecule is CCCCCCCCC(C)S(=O)(=O)C(Br)(C(S(=O)(=O)C(C)CCCCCCCC)(S(=O)(=O)C(C)CCCCCCCC)S(=O)(=O)C(C)CCCCCCCC)S(=O)(=O)C(C)CCCCCCCC. The largest absolute Gasteiger partial charge is 0.315 e. The summed E-state index contributed by atoms with van der Waals surface area (Å²) in [5, 5.41) is -8.37. The van der Waals surface area contributed by atoms with Crippen LogP contribution in [0.15, 0.2) is 0 Å². The normalized spacial score (nSPS) is 17.3. The summed E-state index contributed by atoms with van der Waals surface area (Å²) in [6.45, 7) is 16.7. The van der Waals surface area contributed by atoms with Gasteiger partial charge in [-0.15, -0.1) is 0 Å². The van der Waals surface area contributed by atoms with Gasteiger partial charge in [-0.2, -0.15) is 0 Å². The van der Waals surface area contributed by atoms with Crippen LogP contribution in [-0.2, 0) is 49.2 Å². The van der Waals surface area contributed by atoms with Crippen molar-refractivity contribution < 1.29 is 42.1 Å². The van der Waals surface area contributed by atoms with E-state index in [0.717, 1.165) is 128 Å². The molecule has 0 aromatic rings. The molecule has 68 heavy (non-hydrogen) atoms. The van der Waals surface area contributed by atoms with Gasteiger partial charge in [-0.3, -0.25) is 0 Å². The number of hydrogen-bond acceptors (Lipinski definition) is 10. The summed E-state index contributed by atoms with van der Waals surface area (Å²) >= 11 is 3.17. The van der Waals surface area contributed by atoms with E-state index in [1.807, 2.05) is 0 Å². The average molecular weight is 1130 g/mol. The molecule has 16 heteroatoms. The van der Waals surface area contributed by atoms with E-state index in [9.17, 15) is 0 Å². The smallest absolute Gasteiger partial charge is 0.226 e. The molecule has 410 valence electrons. The molecule has 0 aromatic carbocycles. The molecule has 0 rings (SSSR count). The molecule has 0 aromatic heterocycles. The Hall–Kier alpha value is 0.230. The van der Waals surface area contributed by atoms with Crippen LogP contribution in [0.25, 0.3) is 0 Å². The molecule has 0 aliphatic heterocycles. The molecule has 5 unspecified atom stereocenters. The van der Waals surface area contributed by atoms with Crippen molar-refractivity contribution in [3.63, 3.8) is 0 Å². The standard InChI is InChI=1S/C52H105BrO10S5/c1-11-16-21-26-31-36-41-46(6)64(54,55)51(53,65(56,57)47(7)42-37-32-27-22-17-12-2)52(66(58,59)48(8)43-38-33-28-23-18-13-3,67(60,61)49(9)44-39-34-29-24-19-14-4)68(62,63)50(10)45-40-35-30-25-20-15-5/h46-50H,11-45H2,1-10H3. The minimum absolute atomic E-state index is 0.104. The average Bonchev–Trinajstić information content (AvgIpc) is 3.28. The first-order chi connectivity index (χ1) is 31.9. The van der Waals surface area contributed by atoms with E-state index in [-0.39, 0.29) is 32.1 Å². The van der Waals surface area contributed by atoms with Crippen LogP contribution in [0.3, 0.4) is 0 Å². The van der Waals surface area contributed by atoms with E-state index in [1.54, 1.807) is 0 Å². The molecule has 0 aliphatic rings. The molecule has 0 saturated carbocycles. The third-order valence-corrected chi connectivity index (χ3v) is 36.8. The number of unbranched alkanes of at least 4 members (excludes halogenated alkanes) is 25. The quantitative estimate of drug-likeness (QED) is 0.0422. The Kier molecular flexibility index (Phi) is 34.8. The summed E-state index contributed by atoms with van der Waals surface area (Å²) in [7, 11) is -28.5. The van der Waals surface area contributed by atoms with E-state index in [2.05, 4.69) is 50.5 Å². The Morgan fingerprint density at radius 1 is 0.265 bits per heavy atom. The third-order valence-electron chi connectivity index (χ3n) is 14.7. The lowest BCUT2D eigenvalue weighted by Crippen LogP contribution is -2.75. The van der Waals surface area contributed by atoms with Gasteiger partial charge in [-0.05, 0) is 82.7 Å². The predicted molar refractivity (Wildman–Crippen MR) is 296 cm³/mol. The van der Waals surface area contributed by atoms with Gasteiger partial charge in [0.05, 0.1) is 26.2 Å². The molecule has 0 spiro atoms. The van der Waals surface area contributed by atoms with E-state index < -0.39 is 81.8 Å². The van der Waals surface area contributed by atoms with Crippen molar-refractivity contribution in [1.29, 1.82) is 0 Å². The van der Waals surface area contributed by atoms with E-state index in [1.165, 1.54) is 34.6 Å². The highest BCUT2D eigenvalue weighted by Gasteiger charge is 2.86. The minimum atomic E-state index is -5.79. The fourth-order valence-electron chi connectivity index (χ4n) is 9.65. The van der Waals surface area contributed by atoms with E-state index in [0.29, 0.717) is 64.2 Å². The number of alkyl halides is 1. The van der Waals surface area contributed by atoms with Gasteiger partial charge in [0.25, 0.3) is 2.99 Å². The first-order valence-corrected chi connectivity index (χ1v) is 36.3. The zero-order chi connectivity index (χ0) is 52.1. The Morgan fingerprint density at radius 2 is 0.412 bits per heavy atom. The van der Waals surface area contributed by atoms with Crippen LogP contribution in [0.4, 0.5) is 0 Å². The fraction of sp³-hybridized carbons (Fsp3) is 1.00. The number of sulfone groups is 5. The van der Waals surface area contributed by atoms with Crippen LogP contribution in [0.2, 0.25) is 0 Å².